The standard InChI is InChI=1S/C9H11N3O2/c1-3-6(2)10-9(14)7-4-5-8(13)12-11-7/h1,6H,4-5H2,2H3,(H,10,14)(H,12,13). The molecule has 0 aromatic carbocycles. The van der Waals surface area contributed by atoms with Crippen LogP contribution in [0.1, 0.15) is 19.8 Å². The first-order valence-corrected chi connectivity index (χ1v) is 4.26. The molecule has 5 heteroatoms. The molecule has 0 aromatic rings. The van der Waals surface area contributed by atoms with Crippen LogP contribution in [0.2, 0.25) is 0 Å². The summed E-state index contributed by atoms with van der Waals surface area (Å²) >= 11 is 0. The molecule has 14 heavy (non-hydrogen) atoms. The summed E-state index contributed by atoms with van der Waals surface area (Å²) in [4.78, 5) is 22.1. The predicted molar refractivity (Wildman–Crippen MR) is 51.2 cm³/mol. The van der Waals surface area contributed by atoms with Gasteiger partial charge in [0.1, 0.15) is 5.71 Å². The van der Waals surface area contributed by atoms with E-state index in [-0.39, 0.29) is 24.3 Å². The fourth-order valence-corrected chi connectivity index (χ4v) is 0.959. The van der Waals surface area contributed by atoms with Crippen LogP contribution in [0.15, 0.2) is 5.10 Å². The molecule has 0 aromatic heterocycles. The van der Waals surface area contributed by atoms with Gasteiger partial charge in [-0.05, 0) is 6.92 Å². The minimum absolute atomic E-state index is 0.174. The number of hydrogen-bond acceptors (Lipinski definition) is 3. The Morgan fingerprint density at radius 2 is 2.43 bits per heavy atom. The monoisotopic (exact) mass is 193 g/mol. The largest absolute Gasteiger partial charge is 0.338 e. The van der Waals surface area contributed by atoms with Crippen LogP contribution in [0.3, 0.4) is 0 Å². The SMILES string of the molecule is C#CC(C)NC(=O)C1=NNC(=O)CC1. The fourth-order valence-electron chi connectivity index (χ4n) is 0.959. The van der Waals surface area contributed by atoms with Crippen molar-refractivity contribution >= 4 is 17.5 Å². The highest BCUT2D eigenvalue weighted by molar-refractivity contribution is 6.39. The Labute approximate surface area is 81.9 Å². The molecule has 0 radical (unpaired) electrons. The van der Waals surface area contributed by atoms with Gasteiger partial charge in [0.2, 0.25) is 5.91 Å². The molecular formula is C9H11N3O2. The minimum Gasteiger partial charge on any atom is -0.338 e. The molecule has 1 atom stereocenters. The Bertz CT molecular complexity index is 327. The van der Waals surface area contributed by atoms with Crippen molar-refractivity contribution in [2.75, 3.05) is 0 Å². The van der Waals surface area contributed by atoms with Gasteiger partial charge in [-0.2, -0.15) is 5.10 Å². The third kappa shape index (κ3) is 2.59. The molecule has 0 bridgehead atoms. The van der Waals surface area contributed by atoms with Crippen LogP contribution in [0.4, 0.5) is 0 Å². The van der Waals surface area contributed by atoms with Gasteiger partial charge >= 0.3 is 0 Å². The van der Waals surface area contributed by atoms with E-state index >= 15 is 0 Å². The summed E-state index contributed by atoms with van der Waals surface area (Å²) in [5, 5.41) is 6.19. The fraction of sp³-hybridized carbons (Fsp3) is 0.444. The molecule has 2 amide bonds. The topological polar surface area (TPSA) is 70.6 Å². The molecule has 1 unspecified atom stereocenters. The van der Waals surface area contributed by atoms with Crippen LogP contribution in [-0.2, 0) is 9.59 Å². The zero-order valence-corrected chi connectivity index (χ0v) is 7.83. The van der Waals surface area contributed by atoms with Gasteiger partial charge in [-0.25, -0.2) is 5.43 Å². The smallest absolute Gasteiger partial charge is 0.268 e. The van der Waals surface area contributed by atoms with E-state index in [2.05, 4.69) is 21.8 Å². The molecule has 0 fully saturated rings. The second-order valence-corrected chi connectivity index (χ2v) is 2.96. The van der Waals surface area contributed by atoms with Gasteiger partial charge in [-0.3, -0.25) is 9.59 Å². The number of terminal acetylenes is 1. The van der Waals surface area contributed by atoms with Crippen molar-refractivity contribution in [1.29, 1.82) is 0 Å². The molecule has 0 aliphatic carbocycles. The molecular weight excluding hydrogens is 182 g/mol. The maximum Gasteiger partial charge on any atom is 0.268 e. The maximum atomic E-state index is 11.4. The van der Waals surface area contributed by atoms with E-state index in [1.165, 1.54) is 0 Å². The Balaban J connectivity index is 2.54. The zero-order chi connectivity index (χ0) is 10.6. The first-order valence-electron chi connectivity index (χ1n) is 4.26. The second kappa shape index (κ2) is 4.42. The third-order valence-electron chi connectivity index (χ3n) is 1.76. The first kappa shape index (κ1) is 10.3. The molecule has 0 spiro atoms. The zero-order valence-electron chi connectivity index (χ0n) is 7.83. The van der Waals surface area contributed by atoms with Crippen molar-refractivity contribution in [3.63, 3.8) is 0 Å². The Morgan fingerprint density at radius 3 is 2.93 bits per heavy atom. The molecule has 74 valence electrons. The van der Waals surface area contributed by atoms with Gasteiger partial charge in [0, 0.05) is 12.8 Å². The van der Waals surface area contributed by atoms with Gasteiger partial charge in [0.25, 0.3) is 5.91 Å². The summed E-state index contributed by atoms with van der Waals surface area (Å²) in [5.41, 5.74) is 2.55. The van der Waals surface area contributed by atoms with Crippen molar-refractivity contribution in [1.82, 2.24) is 10.7 Å². The maximum absolute atomic E-state index is 11.4. The second-order valence-electron chi connectivity index (χ2n) is 2.96. The van der Waals surface area contributed by atoms with Crippen LogP contribution in [0, 0.1) is 12.3 Å². The number of hydrogen-bond donors (Lipinski definition) is 2. The summed E-state index contributed by atoms with van der Waals surface area (Å²) in [7, 11) is 0. The number of nitrogens with zero attached hydrogens (tertiary/aromatic N) is 1. The summed E-state index contributed by atoms with van der Waals surface area (Å²) in [5.74, 6) is 1.87. The molecule has 0 saturated heterocycles. The first-order chi connectivity index (χ1) is 6.63. The molecule has 1 heterocycles. The molecule has 0 saturated carbocycles. The summed E-state index contributed by atoms with van der Waals surface area (Å²) < 4.78 is 0. The minimum atomic E-state index is -0.331. The average Bonchev–Trinajstić information content (AvgIpc) is 2.18. The van der Waals surface area contributed by atoms with E-state index in [1.807, 2.05) is 0 Å². The van der Waals surface area contributed by atoms with E-state index in [0.717, 1.165) is 0 Å². The number of amides is 2. The number of carbonyl (C=O) groups is 2. The summed E-state index contributed by atoms with van der Waals surface area (Å²) in [6, 6.07) is -0.331. The lowest BCUT2D eigenvalue weighted by molar-refractivity contribution is -0.121. The van der Waals surface area contributed by atoms with Gasteiger partial charge in [0.15, 0.2) is 0 Å². The molecule has 5 nitrogen and oxygen atoms in total. The highest BCUT2D eigenvalue weighted by Gasteiger charge is 2.18. The van der Waals surface area contributed by atoms with E-state index in [1.54, 1.807) is 6.92 Å². The van der Waals surface area contributed by atoms with Crippen molar-refractivity contribution in [2.24, 2.45) is 5.10 Å². The van der Waals surface area contributed by atoms with Crippen LogP contribution in [-0.4, -0.2) is 23.6 Å². The van der Waals surface area contributed by atoms with Gasteiger partial charge in [-0.15, -0.1) is 6.42 Å². The highest BCUT2D eigenvalue weighted by atomic mass is 16.2. The van der Waals surface area contributed by atoms with Crippen molar-refractivity contribution in [3.8, 4) is 12.3 Å². The van der Waals surface area contributed by atoms with Crippen LogP contribution >= 0.6 is 0 Å². The average molecular weight is 193 g/mol. The predicted octanol–water partition coefficient (Wildman–Crippen LogP) is -0.610. The van der Waals surface area contributed by atoms with Gasteiger partial charge in [0.05, 0.1) is 6.04 Å². The lowest BCUT2D eigenvalue weighted by atomic mass is 10.1. The quantitative estimate of drug-likeness (QED) is 0.574. The number of hydrazone groups is 1. The number of carbonyl (C=O) groups excluding carboxylic acids is 2. The molecule has 2 N–H and O–H groups in total. The van der Waals surface area contributed by atoms with Crippen molar-refractivity contribution in [2.45, 2.75) is 25.8 Å². The Kier molecular flexibility index (Phi) is 3.24. The van der Waals surface area contributed by atoms with Crippen LogP contribution < -0.4 is 10.7 Å². The van der Waals surface area contributed by atoms with Gasteiger partial charge in [-0.1, -0.05) is 5.92 Å². The molecule has 1 aliphatic heterocycles. The Hall–Kier alpha value is -1.83. The third-order valence-corrected chi connectivity index (χ3v) is 1.76. The summed E-state index contributed by atoms with van der Waals surface area (Å²) in [6.45, 7) is 1.69. The van der Waals surface area contributed by atoms with E-state index in [0.29, 0.717) is 12.1 Å². The summed E-state index contributed by atoms with van der Waals surface area (Å²) in [6.07, 6.45) is 5.74. The Morgan fingerprint density at radius 1 is 1.71 bits per heavy atom. The van der Waals surface area contributed by atoms with E-state index < -0.39 is 0 Å². The van der Waals surface area contributed by atoms with Crippen LogP contribution in [0.25, 0.3) is 0 Å². The number of rotatable bonds is 2. The lowest BCUT2D eigenvalue weighted by Gasteiger charge is -2.13. The number of nitrogens with one attached hydrogen (secondary N) is 2. The van der Waals surface area contributed by atoms with Gasteiger partial charge < -0.3 is 5.32 Å². The molecule has 1 aliphatic rings. The van der Waals surface area contributed by atoms with Crippen molar-refractivity contribution < 1.29 is 9.59 Å². The highest BCUT2D eigenvalue weighted by Crippen LogP contribution is 1.99. The van der Waals surface area contributed by atoms with E-state index in [4.69, 9.17) is 6.42 Å². The molecule has 1 rings (SSSR count). The lowest BCUT2D eigenvalue weighted by Crippen LogP contribution is -2.40. The van der Waals surface area contributed by atoms with Crippen molar-refractivity contribution in [3.05, 3.63) is 0 Å². The van der Waals surface area contributed by atoms with Crippen LogP contribution in [0.5, 0.6) is 0 Å². The van der Waals surface area contributed by atoms with E-state index in [9.17, 15) is 9.59 Å². The normalized spacial score (nSPS) is 17.4.